The number of hydrogen-bond acceptors (Lipinski definition) is 4. The number of methoxy groups -OCH3 is 2. The third-order valence-corrected chi connectivity index (χ3v) is 4.24. The number of carbonyl (C=O) groups is 2. The molecule has 2 aromatic carbocycles. The molecule has 7 heteroatoms. The highest BCUT2D eigenvalue weighted by molar-refractivity contribution is 5.85. The summed E-state index contributed by atoms with van der Waals surface area (Å²) < 4.78 is 23.8. The average Bonchev–Trinajstić information content (AvgIpc) is 2.65. The van der Waals surface area contributed by atoms with Gasteiger partial charge in [-0.05, 0) is 41.3 Å². The number of carboxylic acids is 1. The number of carboxylic acid groups (broad SMARTS) is 1. The summed E-state index contributed by atoms with van der Waals surface area (Å²) >= 11 is 0. The van der Waals surface area contributed by atoms with Gasteiger partial charge in [0.05, 0.1) is 14.2 Å². The van der Waals surface area contributed by atoms with Crippen LogP contribution in [0.15, 0.2) is 42.5 Å². The van der Waals surface area contributed by atoms with Crippen molar-refractivity contribution in [1.29, 1.82) is 0 Å². The Balaban J connectivity index is 2.08. The third kappa shape index (κ3) is 5.20. The molecule has 0 spiro atoms. The van der Waals surface area contributed by atoms with Gasteiger partial charge in [-0.1, -0.05) is 25.1 Å². The molecule has 2 unspecified atom stereocenters. The SMILES string of the molecule is COc1ccc(C(C)CC(=O)NC(C(=O)O)c2ccc(OC)c(F)c2)cc1. The summed E-state index contributed by atoms with van der Waals surface area (Å²) in [4.78, 5) is 23.9. The maximum absolute atomic E-state index is 13.9. The summed E-state index contributed by atoms with van der Waals surface area (Å²) in [6.07, 6.45) is 0.0920. The van der Waals surface area contributed by atoms with E-state index in [1.165, 1.54) is 19.2 Å². The molecule has 2 rings (SSSR count). The van der Waals surface area contributed by atoms with Crippen LogP contribution in [0.1, 0.15) is 36.4 Å². The normalized spacial score (nSPS) is 12.7. The molecule has 0 aliphatic heterocycles. The van der Waals surface area contributed by atoms with Crippen LogP contribution in [-0.4, -0.2) is 31.2 Å². The van der Waals surface area contributed by atoms with Gasteiger partial charge in [0.2, 0.25) is 5.91 Å². The zero-order valence-corrected chi connectivity index (χ0v) is 15.4. The maximum Gasteiger partial charge on any atom is 0.330 e. The van der Waals surface area contributed by atoms with Gasteiger partial charge < -0.3 is 19.9 Å². The van der Waals surface area contributed by atoms with E-state index < -0.39 is 23.7 Å². The van der Waals surface area contributed by atoms with E-state index in [9.17, 15) is 19.1 Å². The fraction of sp³-hybridized carbons (Fsp3) is 0.300. The summed E-state index contributed by atoms with van der Waals surface area (Å²) in [5.74, 6) is -1.82. The average molecular weight is 375 g/mol. The molecule has 1 amide bonds. The van der Waals surface area contributed by atoms with E-state index in [-0.39, 0.29) is 23.7 Å². The zero-order chi connectivity index (χ0) is 20.0. The lowest BCUT2D eigenvalue weighted by atomic mass is 9.97. The number of amides is 1. The fourth-order valence-electron chi connectivity index (χ4n) is 2.70. The number of nitrogens with one attached hydrogen (secondary N) is 1. The fourth-order valence-corrected chi connectivity index (χ4v) is 2.70. The molecule has 0 heterocycles. The van der Waals surface area contributed by atoms with Gasteiger partial charge in [0, 0.05) is 6.42 Å². The van der Waals surface area contributed by atoms with Crippen molar-refractivity contribution < 1.29 is 28.6 Å². The highest BCUT2D eigenvalue weighted by Gasteiger charge is 2.24. The minimum absolute atomic E-state index is 0.00217. The van der Waals surface area contributed by atoms with Crippen LogP contribution in [0.3, 0.4) is 0 Å². The predicted octanol–water partition coefficient (Wildman–Crippen LogP) is 3.28. The quantitative estimate of drug-likeness (QED) is 0.740. The number of aliphatic carboxylic acids is 1. The van der Waals surface area contributed by atoms with E-state index in [2.05, 4.69) is 5.32 Å². The summed E-state index contributed by atoms with van der Waals surface area (Å²) in [5, 5.41) is 11.9. The minimum atomic E-state index is -1.35. The molecule has 144 valence electrons. The lowest BCUT2D eigenvalue weighted by Crippen LogP contribution is -2.34. The Labute approximate surface area is 156 Å². The first-order valence-corrected chi connectivity index (χ1v) is 8.35. The van der Waals surface area contributed by atoms with Crippen LogP contribution in [0.5, 0.6) is 11.5 Å². The Morgan fingerprint density at radius 3 is 2.22 bits per heavy atom. The molecule has 2 N–H and O–H groups in total. The number of rotatable bonds is 8. The van der Waals surface area contributed by atoms with E-state index in [1.807, 2.05) is 19.1 Å². The molecule has 0 saturated carbocycles. The lowest BCUT2D eigenvalue weighted by molar-refractivity contribution is -0.142. The van der Waals surface area contributed by atoms with Crippen molar-refractivity contribution in [1.82, 2.24) is 5.32 Å². The van der Waals surface area contributed by atoms with E-state index in [1.54, 1.807) is 19.2 Å². The van der Waals surface area contributed by atoms with E-state index in [4.69, 9.17) is 9.47 Å². The standard InChI is InChI=1S/C20H22FNO5/c1-12(13-4-7-15(26-2)8-5-13)10-18(23)22-19(20(24)25)14-6-9-17(27-3)16(21)11-14/h4-9,11-12,19H,10H2,1-3H3,(H,22,23)(H,24,25). The van der Waals surface area contributed by atoms with Gasteiger partial charge in [-0.15, -0.1) is 0 Å². The highest BCUT2D eigenvalue weighted by Crippen LogP contribution is 2.24. The Hall–Kier alpha value is -3.09. The summed E-state index contributed by atoms with van der Waals surface area (Å²) in [6.45, 7) is 1.87. The van der Waals surface area contributed by atoms with Crippen LogP contribution in [0.4, 0.5) is 4.39 Å². The number of carbonyl (C=O) groups excluding carboxylic acids is 1. The van der Waals surface area contributed by atoms with Crippen LogP contribution in [-0.2, 0) is 9.59 Å². The molecule has 0 aliphatic carbocycles. The molecule has 2 aromatic rings. The van der Waals surface area contributed by atoms with Crippen LogP contribution in [0.2, 0.25) is 0 Å². The first-order chi connectivity index (χ1) is 12.8. The van der Waals surface area contributed by atoms with Crippen molar-refractivity contribution in [3.63, 3.8) is 0 Å². The second-order valence-electron chi connectivity index (χ2n) is 6.11. The Kier molecular flexibility index (Phi) is 6.76. The van der Waals surface area contributed by atoms with Gasteiger partial charge in [-0.2, -0.15) is 0 Å². The zero-order valence-electron chi connectivity index (χ0n) is 15.4. The van der Waals surface area contributed by atoms with E-state index >= 15 is 0 Å². The van der Waals surface area contributed by atoms with Crippen LogP contribution in [0.25, 0.3) is 0 Å². The van der Waals surface area contributed by atoms with Crippen LogP contribution >= 0.6 is 0 Å². The topological polar surface area (TPSA) is 84.9 Å². The molecule has 0 aromatic heterocycles. The highest BCUT2D eigenvalue weighted by atomic mass is 19.1. The van der Waals surface area contributed by atoms with Gasteiger partial charge in [-0.25, -0.2) is 9.18 Å². The first-order valence-electron chi connectivity index (χ1n) is 8.35. The summed E-state index contributed by atoms with van der Waals surface area (Å²) in [7, 11) is 2.88. The smallest absolute Gasteiger partial charge is 0.330 e. The van der Waals surface area contributed by atoms with Crippen LogP contribution in [0, 0.1) is 5.82 Å². The Bertz CT molecular complexity index is 807. The molecule has 2 atom stereocenters. The van der Waals surface area contributed by atoms with Gasteiger partial charge in [0.15, 0.2) is 17.6 Å². The van der Waals surface area contributed by atoms with E-state index in [0.29, 0.717) is 5.75 Å². The summed E-state index contributed by atoms with van der Waals surface area (Å²) in [6, 6.07) is 9.73. The van der Waals surface area contributed by atoms with Gasteiger partial charge in [-0.3, -0.25) is 4.79 Å². The molecule has 0 radical (unpaired) electrons. The molecule has 0 saturated heterocycles. The maximum atomic E-state index is 13.9. The van der Waals surface area contributed by atoms with Crippen molar-refractivity contribution in [3.05, 3.63) is 59.4 Å². The van der Waals surface area contributed by atoms with Crippen molar-refractivity contribution in [2.24, 2.45) is 0 Å². The van der Waals surface area contributed by atoms with Crippen LogP contribution < -0.4 is 14.8 Å². The first kappa shape index (κ1) is 20.2. The molecule has 27 heavy (non-hydrogen) atoms. The van der Waals surface area contributed by atoms with Gasteiger partial charge in [0.1, 0.15) is 5.75 Å². The Morgan fingerprint density at radius 2 is 1.70 bits per heavy atom. The molecule has 0 bridgehead atoms. The number of benzene rings is 2. The second kappa shape index (κ2) is 9.02. The van der Waals surface area contributed by atoms with Crippen molar-refractivity contribution in [2.45, 2.75) is 25.3 Å². The third-order valence-electron chi connectivity index (χ3n) is 4.24. The van der Waals surface area contributed by atoms with Crippen molar-refractivity contribution in [3.8, 4) is 11.5 Å². The molecule has 6 nitrogen and oxygen atoms in total. The number of ether oxygens (including phenoxy) is 2. The summed E-state index contributed by atoms with van der Waals surface area (Å²) in [5.41, 5.74) is 1.06. The van der Waals surface area contributed by atoms with Gasteiger partial charge in [0.25, 0.3) is 0 Å². The molecule has 0 fully saturated rings. The molecular formula is C20H22FNO5. The number of halogens is 1. The largest absolute Gasteiger partial charge is 0.497 e. The molecule has 0 aliphatic rings. The second-order valence-corrected chi connectivity index (χ2v) is 6.11. The van der Waals surface area contributed by atoms with Crippen molar-refractivity contribution >= 4 is 11.9 Å². The van der Waals surface area contributed by atoms with Crippen molar-refractivity contribution in [2.75, 3.05) is 14.2 Å². The van der Waals surface area contributed by atoms with E-state index in [0.717, 1.165) is 11.6 Å². The molecular weight excluding hydrogens is 353 g/mol. The Morgan fingerprint density at radius 1 is 1.07 bits per heavy atom. The minimum Gasteiger partial charge on any atom is -0.497 e. The van der Waals surface area contributed by atoms with Gasteiger partial charge >= 0.3 is 5.97 Å². The lowest BCUT2D eigenvalue weighted by Gasteiger charge is -2.18. The number of hydrogen-bond donors (Lipinski definition) is 2. The monoisotopic (exact) mass is 375 g/mol. The predicted molar refractivity (Wildman–Crippen MR) is 97.5 cm³/mol.